The van der Waals surface area contributed by atoms with E-state index in [2.05, 4.69) is 4.98 Å². The molecule has 96 valence electrons. The molecule has 18 heavy (non-hydrogen) atoms. The summed E-state index contributed by atoms with van der Waals surface area (Å²) in [5.74, 6) is 0. The van der Waals surface area contributed by atoms with Crippen LogP contribution in [0.15, 0.2) is 30.2 Å². The lowest BCUT2D eigenvalue weighted by atomic mass is 10.2. The highest BCUT2D eigenvalue weighted by molar-refractivity contribution is 6.29. The first kappa shape index (κ1) is 12.8. The molecule has 2 rings (SSSR count). The molecule has 0 atom stereocenters. The minimum absolute atomic E-state index is 0.266. The predicted molar refractivity (Wildman–Crippen MR) is 65.6 cm³/mol. The van der Waals surface area contributed by atoms with E-state index in [1.807, 2.05) is 11.0 Å². The first-order valence-electron chi connectivity index (χ1n) is 5.42. The van der Waals surface area contributed by atoms with E-state index >= 15 is 0 Å². The zero-order valence-electron chi connectivity index (χ0n) is 9.58. The van der Waals surface area contributed by atoms with Gasteiger partial charge in [-0.05, 0) is 11.6 Å². The van der Waals surface area contributed by atoms with Crippen LogP contribution < -0.4 is 0 Å². The van der Waals surface area contributed by atoms with Crippen LogP contribution in [0.2, 0.25) is 5.15 Å². The number of morpholine rings is 1. The third-order valence-corrected chi connectivity index (χ3v) is 2.80. The molecule has 1 aliphatic heterocycles. The van der Waals surface area contributed by atoms with Gasteiger partial charge >= 0.3 is 0 Å². The van der Waals surface area contributed by atoms with Gasteiger partial charge in [-0.15, -0.1) is 0 Å². The maximum absolute atomic E-state index is 10.5. The van der Waals surface area contributed by atoms with E-state index < -0.39 is 4.92 Å². The van der Waals surface area contributed by atoms with Crippen LogP contribution in [0.5, 0.6) is 0 Å². The van der Waals surface area contributed by atoms with Gasteiger partial charge in [0.15, 0.2) is 0 Å². The second-order valence-electron chi connectivity index (χ2n) is 3.87. The Hall–Kier alpha value is -1.66. The average molecular weight is 270 g/mol. The summed E-state index contributed by atoms with van der Waals surface area (Å²) in [6, 6.07) is 3.56. The minimum atomic E-state index is -0.461. The fourth-order valence-corrected chi connectivity index (χ4v) is 1.84. The second kappa shape index (κ2) is 5.79. The third-order valence-electron chi connectivity index (χ3n) is 2.58. The van der Waals surface area contributed by atoms with Gasteiger partial charge in [0.2, 0.25) is 0 Å². The van der Waals surface area contributed by atoms with Crippen molar-refractivity contribution in [3.05, 3.63) is 51.1 Å². The highest BCUT2D eigenvalue weighted by Gasteiger charge is 2.18. The lowest BCUT2D eigenvalue weighted by molar-refractivity contribution is -0.405. The minimum Gasteiger partial charge on any atom is -0.373 e. The summed E-state index contributed by atoms with van der Waals surface area (Å²) in [7, 11) is 0. The second-order valence-corrected chi connectivity index (χ2v) is 4.26. The van der Waals surface area contributed by atoms with Gasteiger partial charge in [-0.3, -0.25) is 10.1 Å². The fourth-order valence-electron chi connectivity index (χ4n) is 1.73. The molecule has 1 fully saturated rings. The number of ether oxygens (including phenoxy) is 1. The lowest BCUT2D eigenvalue weighted by Gasteiger charge is -2.29. The molecule has 1 aliphatic rings. The number of pyridine rings is 1. The molecular formula is C11H12ClN3O3. The van der Waals surface area contributed by atoms with Crippen molar-refractivity contribution in [2.24, 2.45) is 0 Å². The van der Waals surface area contributed by atoms with E-state index in [9.17, 15) is 10.1 Å². The Kier molecular flexibility index (Phi) is 4.11. The highest BCUT2D eigenvalue weighted by atomic mass is 35.5. The average Bonchev–Trinajstić information content (AvgIpc) is 2.34. The number of nitro groups is 1. The third kappa shape index (κ3) is 3.41. The Labute approximate surface area is 109 Å². The van der Waals surface area contributed by atoms with Crippen molar-refractivity contribution in [3.63, 3.8) is 0 Å². The van der Waals surface area contributed by atoms with Gasteiger partial charge in [0.1, 0.15) is 10.9 Å². The van der Waals surface area contributed by atoms with Crippen LogP contribution in [0.1, 0.15) is 5.56 Å². The van der Waals surface area contributed by atoms with E-state index in [1.54, 1.807) is 12.3 Å². The molecule has 6 nitrogen and oxygen atoms in total. The molecule has 1 aromatic heterocycles. The molecule has 0 unspecified atom stereocenters. The Balaban J connectivity index is 2.10. The normalized spacial score (nSPS) is 18.1. The standard InChI is InChI=1S/C11H12ClN3O3/c12-11-2-1-9(5-13-11)6-14-3-4-18-8-10(14)7-15(16)17/h1-2,5,7H,3-4,6,8H2/b10-7+. The number of rotatable bonds is 3. The monoisotopic (exact) mass is 269 g/mol. The quantitative estimate of drug-likeness (QED) is 0.474. The van der Waals surface area contributed by atoms with Crippen molar-refractivity contribution < 1.29 is 9.66 Å². The van der Waals surface area contributed by atoms with Crippen molar-refractivity contribution in [2.75, 3.05) is 19.8 Å². The van der Waals surface area contributed by atoms with Crippen LogP contribution in [-0.4, -0.2) is 34.6 Å². The molecule has 0 radical (unpaired) electrons. The number of nitrogens with zero attached hydrogens (tertiary/aromatic N) is 3. The number of hydrogen-bond acceptors (Lipinski definition) is 5. The maximum atomic E-state index is 10.5. The lowest BCUT2D eigenvalue weighted by Crippen LogP contribution is -2.34. The molecule has 1 saturated heterocycles. The molecule has 0 bridgehead atoms. The number of halogens is 1. The maximum Gasteiger partial charge on any atom is 0.255 e. The van der Waals surface area contributed by atoms with Crippen molar-refractivity contribution in [3.8, 4) is 0 Å². The van der Waals surface area contributed by atoms with Gasteiger partial charge in [0.25, 0.3) is 6.20 Å². The Bertz CT molecular complexity index is 461. The Morgan fingerprint density at radius 1 is 1.61 bits per heavy atom. The van der Waals surface area contributed by atoms with Gasteiger partial charge in [-0.25, -0.2) is 4.98 Å². The SMILES string of the molecule is O=[N+]([O-])/C=C1\COCCN1Cc1ccc(Cl)nc1. The van der Waals surface area contributed by atoms with E-state index in [0.29, 0.717) is 30.5 Å². The van der Waals surface area contributed by atoms with Crippen molar-refractivity contribution in [2.45, 2.75) is 6.54 Å². The van der Waals surface area contributed by atoms with Gasteiger partial charge in [0, 0.05) is 19.3 Å². The van der Waals surface area contributed by atoms with Crippen LogP contribution in [-0.2, 0) is 11.3 Å². The summed E-state index contributed by atoms with van der Waals surface area (Å²) in [6.07, 6.45) is 2.66. The molecule has 0 aliphatic carbocycles. The molecular weight excluding hydrogens is 258 g/mol. The Morgan fingerprint density at radius 2 is 2.44 bits per heavy atom. The summed E-state index contributed by atoms with van der Waals surface area (Å²) in [5, 5.41) is 11.0. The van der Waals surface area contributed by atoms with E-state index in [1.165, 1.54) is 0 Å². The summed E-state index contributed by atoms with van der Waals surface area (Å²) in [4.78, 5) is 16.0. The molecule has 0 spiro atoms. The molecule has 0 N–H and O–H groups in total. The van der Waals surface area contributed by atoms with Crippen molar-refractivity contribution >= 4 is 11.6 Å². The van der Waals surface area contributed by atoms with Crippen LogP contribution in [0.4, 0.5) is 0 Å². The van der Waals surface area contributed by atoms with E-state index in [0.717, 1.165) is 11.8 Å². The van der Waals surface area contributed by atoms with Crippen LogP contribution in [0.25, 0.3) is 0 Å². The molecule has 7 heteroatoms. The zero-order chi connectivity index (χ0) is 13.0. The first-order valence-corrected chi connectivity index (χ1v) is 5.80. The summed E-state index contributed by atoms with van der Waals surface area (Å²) in [5.41, 5.74) is 1.52. The van der Waals surface area contributed by atoms with Gasteiger partial charge in [0.05, 0.1) is 18.1 Å². The van der Waals surface area contributed by atoms with Gasteiger partial charge in [-0.1, -0.05) is 17.7 Å². The summed E-state index contributed by atoms with van der Waals surface area (Å²) < 4.78 is 5.22. The van der Waals surface area contributed by atoms with Crippen LogP contribution in [0.3, 0.4) is 0 Å². The van der Waals surface area contributed by atoms with Crippen LogP contribution in [0, 0.1) is 10.1 Å². The predicted octanol–water partition coefficient (Wildman–Crippen LogP) is 1.69. The highest BCUT2D eigenvalue weighted by Crippen LogP contribution is 2.15. The topological polar surface area (TPSA) is 68.5 Å². The number of hydrogen-bond donors (Lipinski definition) is 0. The van der Waals surface area contributed by atoms with Crippen molar-refractivity contribution in [1.82, 2.24) is 9.88 Å². The van der Waals surface area contributed by atoms with Gasteiger partial charge < -0.3 is 9.64 Å². The van der Waals surface area contributed by atoms with E-state index in [4.69, 9.17) is 16.3 Å². The molecule has 2 heterocycles. The Morgan fingerprint density at radius 3 is 3.11 bits per heavy atom. The summed E-state index contributed by atoms with van der Waals surface area (Å²) in [6.45, 7) is 2.02. The van der Waals surface area contributed by atoms with Gasteiger partial charge in [-0.2, -0.15) is 0 Å². The number of aromatic nitrogens is 1. The first-order chi connectivity index (χ1) is 8.65. The van der Waals surface area contributed by atoms with E-state index in [-0.39, 0.29) is 6.61 Å². The van der Waals surface area contributed by atoms with Crippen molar-refractivity contribution in [1.29, 1.82) is 0 Å². The molecule has 0 saturated carbocycles. The largest absolute Gasteiger partial charge is 0.373 e. The molecule has 0 amide bonds. The smallest absolute Gasteiger partial charge is 0.255 e. The molecule has 1 aromatic rings. The fraction of sp³-hybridized carbons (Fsp3) is 0.364. The van der Waals surface area contributed by atoms with Crippen LogP contribution >= 0.6 is 11.6 Å². The molecule has 0 aromatic carbocycles. The summed E-state index contributed by atoms with van der Waals surface area (Å²) >= 11 is 5.71. The zero-order valence-corrected chi connectivity index (χ0v) is 10.3.